The molecule has 0 unspecified atom stereocenters. The summed E-state index contributed by atoms with van der Waals surface area (Å²) in [7, 11) is 1.40. The first-order chi connectivity index (χ1) is 11.9. The number of ether oxygens (including phenoxy) is 1. The van der Waals surface area contributed by atoms with Crippen molar-refractivity contribution in [2.24, 2.45) is 0 Å². The lowest BCUT2D eigenvalue weighted by Crippen LogP contribution is -2.05. The van der Waals surface area contributed by atoms with Crippen LogP contribution in [0.4, 0.5) is 4.39 Å². The van der Waals surface area contributed by atoms with E-state index in [2.05, 4.69) is 15.9 Å². The number of carboxylic acids is 1. The van der Waals surface area contributed by atoms with Gasteiger partial charge in [-0.1, -0.05) is 28.1 Å². The van der Waals surface area contributed by atoms with Crippen LogP contribution in [-0.2, 0) is 17.8 Å². The number of carbonyl (C=O) groups is 1. The predicted octanol–water partition coefficient (Wildman–Crippen LogP) is 4.54. The third-order valence-electron chi connectivity index (χ3n) is 4.31. The van der Waals surface area contributed by atoms with Crippen LogP contribution in [0.15, 0.2) is 40.9 Å². The van der Waals surface area contributed by atoms with Gasteiger partial charge in [-0.2, -0.15) is 0 Å². The predicted molar refractivity (Wildman–Crippen MR) is 97.8 cm³/mol. The Morgan fingerprint density at radius 2 is 1.96 bits per heavy atom. The molecule has 130 valence electrons. The molecule has 3 aromatic rings. The minimum absolute atomic E-state index is 0.111. The van der Waals surface area contributed by atoms with Gasteiger partial charge in [-0.3, -0.25) is 4.79 Å². The average molecular weight is 406 g/mol. The number of aromatic nitrogens is 1. The molecule has 3 rings (SSSR count). The normalized spacial score (nSPS) is 11.0. The number of nitrogens with zero attached hydrogens (tertiary/aromatic N) is 1. The van der Waals surface area contributed by atoms with E-state index in [4.69, 9.17) is 4.74 Å². The smallest absolute Gasteiger partial charge is 0.307 e. The lowest BCUT2D eigenvalue weighted by molar-refractivity contribution is -0.136. The van der Waals surface area contributed by atoms with E-state index in [-0.39, 0.29) is 12.2 Å². The maximum atomic E-state index is 14.2. The van der Waals surface area contributed by atoms with Crippen molar-refractivity contribution in [1.82, 2.24) is 4.57 Å². The van der Waals surface area contributed by atoms with Gasteiger partial charge in [0.05, 0.1) is 19.0 Å². The SMILES string of the molecule is COc1cc2c(CC(=O)O)c(C)n(Cc3ccc(Br)cc3)c2cc1F. The summed E-state index contributed by atoms with van der Waals surface area (Å²) in [5.74, 6) is -1.28. The van der Waals surface area contributed by atoms with Crippen LogP contribution in [0.1, 0.15) is 16.8 Å². The molecule has 0 saturated heterocycles. The molecule has 0 aliphatic heterocycles. The highest BCUT2D eigenvalue weighted by atomic mass is 79.9. The molecule has 0 aliphatic carbocycles. The van der Waals surface area contributed by atoms with Crippen LogP contribution in [0.5, 0.6) is 5.75 Å². The number of halogens is 2. The van der Waals surface area contributed by atoms with Gasteiger partial charge in [0.1, 0.15) is 0 Å². The summed E-state index contributed by atoms with van der Waals surface area (Å²) in [6.45, 7) is 2.39. The Bertz CT molecular complexity index is 948. The molecular weight excluding hydrogens is 389 g/mol. The van der Waals surface area contributed by atoms with Gasteiger partial charge >= 0.3 is 5.97 Å². The molecule has 0 amide bonds. The summed E-state index contributed by atoms with van der Waals surface area (Å²) >= 11 is 3.41. The van der Waals surface area contributed by atoms with Crippen LogP contribution in [0, 0.1) is 12.7 Å². The first-order valence-electron chi connectivity index (χ1n) is 7.72. The van der Waals surface area contributed by atoms with Gasteiger partial charge in [0.2, 0.25) is 0 Å². The summed E-state index contributed by atoms with van der Waals surface area (Å²) in [6, 6.07) is 10.8. The van der Waals surface area contributed by atoms with E-state index in [1.807, 2.05) is 35.8 Å². The van der Waals surface area contributed by atoms with Gasteiger partial charge in [-0.05, 0) is 36.2 Å². The van der Waals surface area contributed by atoms with Crippen molar-refractivity contribution in [2.75, 3.05) is 7.11 Å². The topological polar surface area (TPSA) is 51.5 Å². The van der Waals surface area contributed by atoms with Gasteiger partial charge in [-0.25, -0.2) is 4.39 Å². The second kappa shape index (κ2) is 6.88. The first-order valence-corrected chi connectivity index (χ1v) is 8.51. The minimum atomic E-state index is -0.922. The van der Waals surface area contributed by atoms with E-state index >= 15 is 0 Å². The Morgan fingerprint density at radius 1 is 1.28 bits per heavy atom. The molecule has 1 N–H and O–H groups in total. The number of carboxylic acid groups (broad SMARTS) is 1. The lowest BCUT2D eigenvalue weighted by Gasteiger charge is -2.10. The zero-order valence-corrected chi connectivity index (χ0v) is 15.4. The number of aliphatic carboxylic acids is 1. The van der Waals surface area contributed by atoms with Gasteiger partial charge in [-0.15, -0.1) is 0 Å². The molecule has 4 nitrogen and oxygen atoms in total. The highest BCUT2D eigenvalue weighted by Gasteiger charge is 2.19. The van der Waals surface area contributed by atoms with Crippen molar-refractivity contribution in [3.8, 4) is 5.75 Å². The Kier molecular flexibility index (Phi) is 4.81. The number of benzene rings is 2. The summed E-state index contributed by atoms with van der Waals surface area (Å²) in [4.78, 5) is 11.3. The zero-order valence-electron chi connectivity index (χ0n) is 13.8. The molecule has 6 heteroatoms. The van der Waals surface area contributed by atoms with E-state index in [1.54, 1.807) is 6.07 Å². The zero-order chi connectivity index (χ0) is 18.1. The number of methoxy groups -OCH3 is 1. The van der Waals surface area contributed by atoms with Crippen LogP contribution in [0.25, 0.3) is 10.9 Å². The van der Waals surface area contributed by atoms with E-state index in [0.29, 0.717) is 23.0 Å². The van der Waals surface area contributed by atoms with Crippen molar-refractivity contribution in [1.29, 1.82) is 0 Å². The van der Waals surface area contributed by atoms with E-state index in [0.717, 1.165) is 15.7 Å². The molecule has 0 atom stereocenters. The molecule has 0 aliphatic rings. The van der Waals surface area contributed by atoms with E-state index in [1.165, 1.54) is 13.2 Å². The van der Waals surface area contributed by atoms with Crippen molar-refractivity contribution in [3.05, 3.63) is 63.5 Å². The Labute approximate surface area is 153 Å². The third kappa shape index (κ3) is 3.39. The summed E-state index contributed by atoms with van der Waals surface area (Å²) in [6.07, 6.45) is -0.121. The average Bonchev–Trinajstić information content (AvgIpc) is 2.80. The summed E-state index contributed by atoms with van der Waals surface area (Å²) in [5.41, 5.74) is 3.20. The fourth-order valence-corrected chi connectivity index (χ4v) is 3.32. The lowest BCUT2D eigenvalue weighted by atomic mass is 10.1. The van der Waals surface area contributed by atoms with Crippen molar-refractivity contribution in [2.45, 2.75) is 19.9 Å². The monoisotopic (exact) mass is 405 g/mol. The van der Waals surface area contributed by atoms with Gasteiger partial charge in [0, 0.05) is 28.2 Å². The molecule has 0 bridgehead atoms. The van der Waals surface area contributed by atoms with Crippen molar-refractivity contribution in [3.63, 3.8) is 0 Å². The van der Waals surface area contributed by atoms with Gasteiger partial charge < -0.3 is 14.4 Å². The number of fused-ring (bicyclic) bond motifs is 1. The summed E-state index contributed by atoms with van der Waals surface area (Å²) in [5, 5.41) is 9.95. The molecule has 0 spiro atoms. The molecule has 0 fully saturated rings. The van der Waals surface area contributed by atoms with Crippen molar-refractivity contribution >= 4 is 32.8 Å². The molecule has 2 aromatic carbocycles. The molecule has 1 aromatic heterocycles. The van der Waals surface area contributed by atoms with Crippen LogP contribution < -0.4 is 4.74 Å². The van der Waals surface area contributed by atoms with Gasteiger partial charge in [0.15, 0.2) is 11.6 Å². The number of hydrogen-bond acceptors (Lipinski definition) is 2. The fourth-order valence-electron chi connectivity index (χ4n) is 3.05. The van der Waals surface area contributed by atoms with E-state index < -0.39 is 11.8 Å². The Hall–Kier alpha value is -2.34. The van der Waals surface area contributed by atoms with Crippen LogP contribution >= 0.6 is 15.9 Å². The van der Waals surface area contributed by atoms with Crippen LogP contribution in [0.3, 0.4) is 0 Å². The number of rotatable bonds is 5. The van der Waals surface area contributed by atoms with Crippen molar-refractivity contribution < 1.29 is 19.0 Å². The standard InChI is InChI=1S/C19H17BrFNO3/c1-11-14(8-19(23)24)15-7-18(25-2)16(21)9-17(15)22(11)10-12-3-5-13(20)6-4-12/h3-7,9H,8,10H2,1-2H3,(H,23,24). The van der Waals surface area contributed by atoms with Crippen LogP contribution in [0.2, 0.25) is 0 Å². The fraction of sp³-hybridized carbons (Fsp3) is 0.211. The quantitative estimate of drug-likeness (QED) is 0.677. The number of hydrogen-bond donors (Lipinski definition) is 1. The van der Waals surface area contributed by atoms with Gasteiger partial charge in [0.25, 0.3) is 0 Å². The minimum Gasteiger partial charge on any atom is -0.494 e. The second-order valence-corrected chi connectivity index (χ2v) is 6.77. The first kappa shape index (κ1) is 17.5. The summed E-state index contributed by atoms with van der Waals surface area (Å²) < 4.78 is 22.2. The molecule has 0 saturated carbocycles. The van der Waals surface area contributed by atoms with E-state index in [9.17, 15) is 14.3 Å². The molecular formula is C19H17BrFNO3. The van der Waals surface area contributed by atoms with Crippen LogP contribution in [-0.4, -0.2) is 22.8 Å². The highest BCUT2D eigenvalue weighted by Crippen LogP contribution is 2.32. The maximum absolute atomic E-state index is 14.2. The largest absolute Gasteiger partial charge is 0.494 e. The maximum Gasteiger partial charge on any atom is 0.307 e. The molecule has 0 radical (unpaired) electrons. The third-order valence-corrected chi connectivity index (χ3v) is 4.84. The molecule has 25 heavy (non-hydrogen) atoms. The second-order valence-electron chi connectivity index (χ2n) is 5.85. The molecule has 1 heterocycles. The highest BCUT2D eigenvalue weighted by molar-refractivity contribution is 9.10. The Morgan fingerprint density at radius 3 is 2.56 bits per heavy atom. The Balaban J connectivity index is 2.19.